The van der Waals surface area contributed by atoms with Gasteiger partial charge in [0.15, 0.2) is 0 Å². The van der Waals surface area contributed by atoms with Gasteiger partial charge >= 0.3 is 0 Å². The second-order valence-electron chi connectivity index (χ2n) is 6.05. The van der Waals surface area contributed by atoms with E-state index in [9.17, 15) is 4.39 Å². The zero-order valence-electron chi connectivity index (χ0n) is 12.0. The summed E-state index contributed by atoms with van der Waals surface area (Å²) in [6, 6.07) is 4.74. The number of benzene rings is 1. The molecule has 1 saturated heterocycles. The lowest BCUT2D eigenvalue weighted by Crippen LogP contribution is -2.25. The Labute approximate surface area is 115 Å². The minimum atomic E-state index is -0.253. The molecule has 106 valence electrons. The summed E-state index contributed by atoms with van der Waals surface area (Å²) < 4.78 is 13.0. The van der Waals surface area contributed by atoms with Gasteiger partial charge in [0, 0.05) is 12.2 Å². The van der Waals surface area contributed by atoms with Gasteiger partial charge in [-0.25, -0.2) is 4.39 Å². The molecule has 1 aliphatic heterocycles. The fraction of sp³-hybridized carbons (Fsp3) is 0.625. The predicted octanol–water partition coefficient (Wildman–Crippen LogP) is 3.67. The summed E-state index contributed by atoms with van der Waals surface area (Å²) in [6.07, 6.45) is 3.84. The molecule has 19 heavy (non-hydrogen) atoms. The van der Waals surface area contributed by atoms with Crippen LogP contribution in [0.15, 0.2) is 18.2 Å². The molecule has 1 unspecified atom stereocenters. The Morgan fingerprint density at radius 2 is 2.11 bits per heavy atom. The van der Waals surface area contributed by atoms with Gasteiger partial charge in [-0.1, -0.05) is 19.9 Å². The molecule has 0 radical (unpaired) electrons. The predicted molar refractivity (Wildman–Crippen MR) is 78.3 cm³/mol. The van der Waals surface area contributed by atoms with Crippen LogP contribution in [0.25, 0.3) is 0 Å². The van der Waals surface area contributed by atoms with E-state index < -0.39 is 0 Å². The Bertz CT molecular complexity index is 417. The summed E-state index contributed by atoms with van der Waals surface area (Å²) in [7, 11) is 0. The summed E-state index contributed by atoms with van der Waals surface area (Å²) in [4.78, 5) is 2.45. The van der Waals surface area contributed by atoms with Crippen LogP contribution < -0.4 is 5.73 Å². The summed E-state index contributed by atoms with van der Waals surface area (Å²) in [5, 5.41) is 0. The number of hydrogen-bond donors (Lipinski definition) is 1. The highest BCUT2D eigenvalue weighted by Crippen LogP contribution is 2.26. The molecule has 0 bridgehead atoms. The lowest BCUT2D eigenvalue weighted by Gasteiger charge is -2.22. The molecule has 1 heterocycles. The number of hydrogen-bond acceptors (Lipinski definition) is 2. The maximum atomic E-state index is 13.0. The molecule has 0 aromatic heterocycles. The van der Waals surface area contributed by atoms with Crippen LogP contribution in [-0.2, 0) is 6.54 Å². The Hall–Kier alpha value is -1.09. The Morgan fingerprint density at radius 1 is 1.32 bits per heavy atom. The van der Waals surface area contributed by atoms with Crippen molar-refractivity contribution in [1.82, 2.24) is 4.90 Å². The fourth-order valence-electron chi connectivity index (χ4n) is 2.96. The van der Waals surface area contributed by atoms with Gasteiger partial charge in [-0.2, -0.15) is 0 Å². The topological polar surface area (TPSA) is 29.3 Å². The van der Waals surface area contributed by atoms with Gasteiger partial charge in [-0.15, -0.1) is 0 Å². The standard InChI is InChI=1S/C16H25FN2/c1-12(2)13-4-3-8-19(9-7-13)11-14-5-6-15(17)10-16(14)18/h5-6,10,12-13H,3-4,7-9,11,18H2,1-2H3. The smallest absolute Gasteiger partial charge is 0.125 e. The van der Waals surface area contributed by atoms with Gasteiger partial charge < -0.3 is 5.73 Å². The summed E-state index contributed by atoms with van der Waals surface area (Å²) in [6.45, 7) is 7.73. The van der Waals surface area contributed by atoms with E-state index in [1.807, 2.05) is 6.07 Å². The van der Waals surface area contributed by atoms with Gasteiger partial charge in [0.1, 0.15) is 5.82 Å². The van der Waals surface area contributed by atoms with Gasteiger partial charge in [-0.3, -0.25) is 4.90 Å². The second kappa shape index (κ2) is 6.38. The van der Waals surface area contributed by atoms with Crippen molar-refractivity contribution in [1.29, 1.82) is 0 Å². The molecule has 2 N–H and O–H groups in total. The first-order valence-corrected chi connectivity index (χ1v) is 7.32. The molecule has 2 nitrogen and oxygen atoms in total. The van der Waals surface area contributed by atoms with Gasteiger partial charge in [0.05, 0.1) is 0 Å². The van der Waals surface area contributed by atoms with Crippen LogP contribution in [0.5, 0.6) is 0 Å². The first-order valence-electron chi connectivity index (χ1n) is 7.32. The maximum Gasteiger partial charge on any atom is 0.125 e. The highest BCUT2D eigenvalue weighted by atomic mass is 19.1. The quantitative estimate of drug-likeness (QED) is 0.844. The number of anilines is 1. The maximum absolute atomic E-state index is 13.0. The first-order chi connectivity index (χ1) is 9.06. The second-order valence-corrected chi connectivity index (χ2v) is 6.05. The van der Waals surface area contributed by atoms with Crippen molar-refractivity contribution >= 4 is 5.69 Å². The lowest BCUT2D eigenvalue weighted by atomic mass is 9.89. The van der Waals surface area contributed by atoms with Crippen LogP contribution in [0.3, 0.4) is 0 Å². The number of rotatable bonds is 3. The molecule has 3 heteroatoms. The number of halogens is 1. The van der Waals surface area contributed by atoms with E-state index in [0.717, 1.165) is 37.0 Å². The third kappa shape index (κ3) is 3.93. The highest BCUT2D eigenvalue weighted by molar-refractivity contribution is 5.46. The molecule has 1 fully saturated rings. The van der Waals surface area contributed by atoms with Gasteiger partial charge in [0.25, 0.3) is 0 Å². The van der Waals surface area contributed by atoms with Crippen molar-refractivity contribution in [2.75, 3.05) is 18.8 Å². The van der Waals surface area contributed by atoms with E-state index in [-0.39, 0.29) is 5.82 Å². The zero-order chi connectivity index (χ0) is 13.8. The van der Waals surface area contributed by atoms with Gasteiger partial charge in [0.2, 0.25) is 0 Å². The van der Waals surface area contributed by atoms with Crippen molar-refractivity contribution < 1.29 is 4.39 Å². The normalized spacial score (nSPS) is 21.6. The summed E-state index contributed by atoms with van der Waals surface area (Å²) in [5.41, 5.74) is 7.51. The third-order valence-electron chi connectivity index (χ3n) is 4.31. The average molecular weight is 264 g/mol. The van der Waals surface area contributed by atoms with Crippen LogP contribution in [0.1, 0.15) is 38.7 Å². The lowest BCUT2D eigenvalue weighted by molar-refractivity contribution is 0.265. The monoisotopic (exact) mass is 264 g/mol. The van der Waals surface area contributed by atoms with Crippen molar-refractivity contribution in [2.45, 2.75) is 39.7 Å². The van der Waals surface area contributed by atoms with Gasteiger partial charge in [-0.05, 0) is 61.9 Å². The van der Waals surface area contributed by atoms with E-state index in [2.05, 4.69) is 18.7 Å². The van der Waals surface area contributed by atoms with E-state index >= 15 is 0 Å². The molecule has 1 atom stereocenters. The third-order valence-corrected chi connectivity index (χ3v) is 4.31. The van der Waals surface area contributed by atoms with Crippen molar-refractivity contribution in [2.24, 2.45) is 11.8 Å². The number of nitrogen functional groups attached to an aromatic ring is 1. The van der Waals surface area contributed by atoms with Crippen LogP contribution in [-0.4, -0.2) is 18.0 Å². The Morgan fingerprint density at radius 3 is 2.79 bits per heavy atom. The molecule has 0 spiro atoms. The van der Waals surface area contributed by atoms with Crippen LogP contribution >= 0.6 is 0 Å². The number of likely N-dealkylation sites (tertiary alicyclic amines) is 1. The minimum absolute atomic E-state index is 0.253. The molecule has 2 rings (SSSR count). The molecule has 1 aromatic carbocycles. The Balaban J connectivity index is 1.96. The van der Waals surface area contributed by atoms with Crippen LogP contribution in [0.4, 0.5) is 10.1 Å². The number of nitrogens with two attached hydrogens (primary N) is 1. The zero-order valence-corrected chi connectivity index (χ0v) is 12.0. The van der Waals surface area contributed by atoms with E-state index in [0.29, 0.717) is 5.69 Å². The molecule has 1 aromatic rings. The average Bonchev–Trinajstić information content (AvgIpc) is 2.58. The van der Waals surface area contributed by atoms with E-state index in [1.165, 1.54) is 31.4 Å². The summed E-state index contributed by atoms with van der Waals surface area (Å²) >= 11 is 0. The van der Waals surface area contributed by atoms with Crippen molar-refractivity contribution in [3.05, 3.63) is 29.6 Å². The molecule has 0 saturated carbocycles. The number of nitrogens with zero attached hydrogens (tertiary/aromatic N) is 1. The largest absolute Gasteiger partial charge is 0.398 e. The summed E-state index contributed by atoms with van der Waals surface area (Å²) in [5.74, 6) is 1.36. The van der Waals surface area contributed by atoms with Crippen molar-refractivity contribution in [3.8, 4) is 0 Å². The fourth-order valence-corrected chi connectivity index (χ4v) is 2.96. The van der Waals surface area contributed by atoms with E-state index in [4.69, 9.17) is 5.73 Å². The molecular formula is C16H25FN2. The highest BCUT2D eigenvalue weighted by Gasteiger charge is 2.19. The molecule has 0 aliphatic carbocycles. The van der Waals surface area contributed by atoms with Crippen LogP contribution in [0.2, 0.25) is 0 Å². The Kier molecular flexibility index (Phi) is 4.81. The molecular weight excluding hydrogens is 239 g/mol. The molecule has 0 amide bonds. The molecule has 1 aliphatic rings. The van der Waals surface area contributed by atoms with Crippen LogP contribution in [0, 0.1) is 17.7 Å². The first kappa shape index (κ1) is 14.3. The minimum Gasteiger partial charge on any atom is -0.398 e. The van der Waals surface area contributed by atoms with Crippen molar-refractivity contribution in [3.63, 3.8) is 0 Å². The van der Waals surface area contributed by atoms with E-state index in [1.54, 1.807) is 0 Å². The SMILES string of the molecule is CC(C)C1CCCN(Cc2ccc(F)cc2N)CC1.